The number of hydrogen-bond acceptors (Lipinski definition) is 5. The Morgan fingerprint density at radius 1 is 1.41 bits per heavy atom. The van der Waals surface area contributed by atoms with Gasteiger partial charge in [-0.25, -0.2) is 4.98 Å². The van der Waals surface area contributed by atoms with Crippen LogP contribution in [0.4, 0.5) is 5.13 Å². The molecule has 1 aliphatic heterocycles. The van der Waals surface area contributed by atoms with E-state index in [1.165, 1.54) is 11.5 Å². The molecule has 0 spiro atoms. The normalized spacial score (nSPS) is 19.6. The van der Waals surface area contributed by atoms with E-state index in [1.54, 1.807) is 0 Å². The average Bonchev–Trinajstić information content (AvgIpc) is 2.79. The van der Waals surface area contributed by atoms with Crippen LogP contribution in [0, 0.1) is 5.41 Å². The molecule has 0 aromatic carbocycles. The van der Waals surface area contributed by atoms with Crippen molar-refractivity contribution in [3.05, 3.63) is 5.82 Å². The second-order valence-electron chi connectivity index (χ2n) is 5.25. The van der Waals surface area contributed by atoms with Crippen LogP contribution >= 0.6 is 11.5 Å². The van der Waals surface area contributed by atoms with Gasteiger partial charge in [-0.3, -0.25) is 0 Å². The minimum Gasteiger partial charge on any atom is -0.347 e. The molecule has 2 rings (SSSR count). The van der Waals surface area contributed by atoms with Crippen molar-refractivity contribution in [2.75, 3.05) is 24.5 Å². The van der Waals surface area contributed by atoms with Crippen molar-refractivity contribution >= 4 is 16.7 Å². The third-order valence-corrected chi connectivity index (χ3v) is 4.48. The van der Waals surface area contributed by atoms with Gasteiger partial charge in [-0.05, 0) is 31.2 Å². The number of rotatable bonds is 4. The van der Waals surface area contributed by atoms with Crippen molar-refractivity contribution in [1.29, 1.82) is 0 Å². The molecule has 0 saturated carbocycles. The molecular weight excluding hydrogens is 232 g/mol. The molecule has 0 atom stereocenters. The third-order valence-electron chi connectivity index (χ3n) is 3.66. The standard InChI is InChI=1S/C12H22N4S/c1-3-4-10-14-11(17-15-10)16-7-5-12(2,9-13)6-8-16/h3-9,13H2,1-2H3. The number of aryl methyl sites for hydroxylation is 1. The maximum Gasteiger partial charge on any atom is 0.205 e. The van der Waals surface area contributed by atoms with E-state index in [4.69, 9.17) is 5.73 Å². The topological polar surface area (TPSA) is 55.0 Å². The van der Waals surface area contributed by atoms with Crippen LogP contribution in [0.25, 0.3) is 0 Å². The smallest absolute Gasteiger partial charge is 0.205 e. The molecule has 17 heavy (non-hydrogen) atoms. The Balaban J connectivity index is 1.95. The summed E-state index contributed by atoms with van der Waals surface area (Å²) < 4.78 is 4.40. The lowest BCUT2D eigenvalue weighted by Crippen LogP contribution is -2.42. The zero-order chi connectivity index (χ0) is 12.3. The van der Waals surface area contributed by atoms with Gasteiger partial charge in [0.1, 0.15) is 5.82 Å². The van der Waals surface area contributed by atoms with E-state index in [0.29, 0.717) is 5.41 Å². The number of piperidine rings is 1. The molecular formula is C12H22N4S. The molecule has 1 aromatic heterocycles. The second kappa shape index (κ2) is 5.31. The Morgan fingerprint density at radius 3 is 2.71 bits per heavy atom. The van der Waals surface area contributed by atoms with Crippen molar-refractivity contribution in [2.24, 2.45) is 11.1 Å². The fourth-order valence-electron chi connectivity index (χ4n) is 2.14. The first-order valence-corrected chi connectivity index (χ1v) is 7.22. The molecule has 4 nitrogen and oxygen atoms in total. The molecule has 1 aromatic rings. The van der Waals surface area contributed by atoms with Crippen molar-refractivity contribution in [3.63, 3.8) is 0 Å². The van der Waals surface area contributed by atoms with E-state index >= 15 is 0 Å². The number of nitrogens with zero attached hydrogens (tertiary/aromatic N) is 3. The van der Waals surface area contributed by atoms with Crippen molar-refractivity contribution in [2.45, 2.75) is 39.5 Å². The summed E-state index contributed by atoms with van der Waals surface area (Å²) in [6.07, 6.45) is 4.42. The molecule has 0 bridgehead atoms. The Kier molecular flexibility index (Phi) is 3.99. The van der Waals surface area contributed by atoms with Crippen LogP contribution in [0.15, 0.2) is 0 Å². The predicted octanol–water partition coefficient (Wildman–Crippen LogP) is 2.06. The van der Waals surface area contributed by atoms with E-state index in [0.717, 1.165) is 56.3 Å². The van der Waals surface area contributed by atoms with Crippen LogP contribution in [0.5, 0.6) is 0 Å². The van der Waals surface area contributed by atoms with Gasteiger partial charge >= 0.3 is 0 Å². The molecule has 0 radical (unpaired) electrons. The summed E-state index contributed by atoms with van der Waals surface area (Å²) >= 11 is 1.54. The van der Waals surface area contributed by atoms with Gasteiger partial charge < -0.3 is 10.6 Å². The fraction of sp³-hybridized carbons (Fsp3) is 0.833. The summed E-state index contributed by atoms with van der Waals surface area (Å²) in [5.74, 6) is 1.000. The van der Waals surface area contributed by atoms with E-state index in [9.17, 15) is 0 Å². The quantitative estimate of drug-likeness (QED) is 0.893. The van der Waals surface area contributed by atoms with E-state index < -0.39 is 0 Å². The first-order chi connectivity index (χ1) is 8.17. The predicted molar refractivity (Wildman–Crippen MR) is 72.5 cm³/mol. The lowest BCUT2D eigenvalue weighted by molar-refractivity contribution is 0.258. The maximum absolute atomic E-state index is 5.82. The van der Waals surface area contributed by atoms with Gasteiger partial charge in [0.15, 0.2) is 0 Å². The Bertz CT molecular complexity index is 355. The van der Waals surface area contributed by atoms with Crippen LogP contribution in [0.1, 0.15) is 38.9 Å². The number of aromatic nitrogens is 2. The summed E-state index contributed by atoms with van der Waals surface area (Å²) in [5.41, 5.74) is 6.15. The fourth-order valence-corrected chi connectivity index (χ4v) is 2.90. The summed E-state index contributed by atoms with van der Waals surface area (Å²) in [6, 6.07) is 0. The van der Waals surface area contributed by atoms with Gasteiger partial charge in [0, 0.05) is 31.0 Å². The molecule has 0 unspecified atom stereocenters. The molecule has 0 aliphatic carbocycles. The number of hydrogen-bond donors (Lipinski definition) is 1. The largest absolute Gasteiger partial charge is 0.347 e. The van der Waals surface area contributed by atoms with Crippen LogP contribution in [0.2, 0.25) is 0 Å². The van der Waals surface area contributed by atoms with Crippen LogP contribution < -0.4 is 10.6 Å². The lowest BCUT2D eigenvalue weighted by Gasteiger charge is -2.38. The highest BCUT2D eigenvalue weighted by Gasteiger charge is 2.29. The molecule has 5 heteroatoms. The van der Waals surface area contributed by atoms with Crippen LogP contribution in [-0.4, -0.2) is 29.0 Å². The number of nitrogens with two attached hydrogens (primary N) is 1. The van der Waals surface area contributed by atoms with Gasteiger partial charge in [0.2, 0.25) is 5.13 Å². The first kappa shape index (κ1) is 12.8. The average molecular weight is 254 g/mol. The molecule has 2 heterocycles. The Morgan fingerprint density at radius 2 is 2.12 bits per heavy atom. The van der Waals surface area contributed by atoms with Crippen LogP contribution in [0.3, 0.4) is 0 Å². The minimum absolute atomic E-state index is 0.327. The Labute approximate surface area is 107 Å². The van der Waals surface area contributed by atoms with E-state index in [-0.39, 0.29) is 0 Å². The first-order valence-electron chi connectivity index (χ1n) is 6.44. The lowest BCUT2D eigenvalue weighted by atomic mass is 9.81. The van der Waals surface area contributed by atoms with Crippen molar-refractivity contribution < 1.29 is 0 Å². The molecule has 1 saturated heterocycles. The molecule has 0 amide bonds. The maximum atomic E-state index is 5.82. The monoisotopic (exact) mass is 254 g/mol. The number of anilines is 1. The molecule has 96 valence electrons. The highest BCUT2D eigenvalue weighted by molar-refractivity contribution is 7.09. The van der Waals surface area contributed by atoms with Gasteiger partial charge in [0.25, 0.3) is 0 Å². The Hall–Kier alpha value is -0.680. The van der Waals surface area contributed by atoms with Crippen LogP contribution in [-0.2, 0) is 6.42 Å². The second-order valence-corrected chi connectivity index (χ2v) is 5.98. The molecule has 2 N–H and O–H groups in total. The van der Waals surface area contributed by atoms with Gasteiger partial charge in [-0.2, -0.15) is 4.37 Å². The highest BCUT2D eigenvalue weighted by atomic mass is 32.1. The molecule has 1 aliphatic rings. The third kappa shape index (κ3) is 2.96. The van der Waals surface area contributed by atoms with E-state index in [1.807, 2.05) is 0 Å². The minimum atomic E-state index is 0.327. The van der Waals surface area contributed by atoms with Gasteiger partial charge in [-0.15, -0.1) is 0 Å². The summed E-state index contributed by atoms with van der Waals surface area (Å²) in [4.78, 5) is 6.95. The van der Waals surface area contributed by atoms with Crippen molar-refractivity contribution in [3.8, 4) is 0 Å². The summed E-state index contributed by atoms with van der Waals surface area (Å²) in [5, 5.41) is 1.09. The zero-order valence-corrected chi connectivity index (χ0v) is 11.6. The van der Waals surface area contributed by atoms with Crippen molar-refractivity contribution in [1.82, 2.24) is 9.36 Å². The highest BCUT2D eigenvalue weighted by Crippen LogP contribution is 2.32. The molecule has 1 fully saturated rings. The zero-order valence-electron chi connectivity index (χ0n) is 10.8. The summed E-state index contributed by atoms with van der Waals surface area (Å²) in [6.45, 7) is 7.36. The van der Waals surface area contributed by atoms with Gasteiger partial charge in [-0.1, -0.05) is 13.8 Å². The van der Waals surface area contributed by atoms with Gasteiger partial charge in [0.05, 0.1) is 0 Å². The SMILES string of the molecule is CCCc1nsc(N2CCC(C)(CN)CC2)n1. The van der Waals surface area contributed by atoms with E-state index in [2.05, 4.69) is 28.1 Å². The summed E-state index contributed by atoms with van der Waals surface area (Å²) in [7, 11) is 0.